The second kappa shape index (κ2) is 10.3. The van der Waals surface area contributed by atoms with Crippen molar-refractivity contribution in [3.8, 4) is 5.75 Å². The second-order valence-electron chi connectivity index (χ2n) is 6.63. The van der Waals surface area contributed by atoms with Gasteiger partial charge in [-0.15, -0.1) is 0 Å². The molecule has 0 spiro atoms. The van der Waals surface area contributed by atoms with Gasteiger partial charge in [0.05, 0.1) is 26.0 Å². The van der Waals surface area contributed by atoms with E-state index in [-0.39, 0.29) is 11.8 Å². The lowest BCUT2D eigenvalue weighted by Crippen LogP contribution is -2.25. The Kier molecular flexibility index (Phi) is 8.82. The van der Waals surface area contributed by atoms with E-state index >= 15 is 0 Å². The summed E-state index contributed by atoms with van der Waals surface area (Å²) < 4.78 is 16.2. The number of hydrogen-bond acceptors (Lipinski definition) is 6. The predicted octanol–water partition coefficient (Wildman–Crippen LogP) is 1.80. The highest BCUT2D eigenvalue weighted by atomic mass is 16.5. The number of pyridine rings is 1. The molecular weight excluding hydrogens is 326 g/mol. The minimum Gasteiger partial charge on any atom is -0.490 e. The number of aliphatic hydroxyl groups is 1. The lowest BCUT2D eigenvalue weighted by Gasteiger charge is -2.23. The predicted molar refractivity (Wildman–Crippen MR) is 93.1 cm³/mol. The first kappa shape index (κ1) is 21.3. The molecule has 0 saturated carbocycles. The topological polar surface area (TPSA) is 98.1 Å². The summed E-state index contributed by atoms with van der Waals surface area (Å²) in [5.74, 6) is -0.668. The van der Waals surface area contributed by atoms with Gasteiger partial charge >= 0.3 is 5.97 Å². The number of rotatable bonds is 11. The van der Waals surface area contributed by atoms with Gasteiger partial charge in [0.1, 0.15) is 12.4 Å². The van der Waals surface area contributed by atoms with Crippen molar-refractivity contribution in [2.45, 2.75) is 45.6 Å². The maximum Gasteiger partial charge on any atom is 0.332 e. The minimum absolute atomic E-state index is 0.0389. The zero-order chi connectivity index (χ0) is 18.9. The normalized spacial score (nSPS) is 12.8. The lowest BCUT2D eigenvalue weighted by atomic mass is 9.84. The largest absolute Gasteiger partial charge is 0.490 e. The number of hydrogen-bond donors (Lipinski definition) is 2. The van der Waals surface area contributed by atoms with Gasteiger partial charge in [-0.2, -0.15) is 0 Å². The third-order valence-corrected chi connectivity index (χ3v) is 3.50. The molecule has 1 aromatic heterocycles. The lowest BCUT2D eigenvalue weighted by molar-refractivity contribution is -0.146. The van der Waals surface area contributed by atoms with Crippen LogP contribution in [0.1, 0.15) is 39.0 Å². The summed E-state index contributed by atoms with van der Waals surface area (Å²) in [7, 11) is 0. The maximum absolute atomic E-state index is 10.9. The maximum atomic E-state index is 10.9. The van der Waals surface area contributed by atoms with Gasteiger partial charge in [0.25, 0.3) is 0 Å². The van der Waals surface area contributed by atoms with Gasteiger partial charge in [-0.3, -0.25) is 4.98 Å². The minimum atomic E-state index is -1.47. The first-order valence-corrected chi connectivity index (χ1v) is 8.44. The number of ether oxygens (including phenoxy) is 3. The molecule has 1 atom stereocenters. The second-order valence-corrected chi connectivity index (χ2v) is 6.63. The number of carbonyl (C=O) groups is 1. The fraction of sp³-hybridized carbons (Fsp3) is 0.667. The van der Waals surface area contributed by atoms with Crippen molar-refractivity contribution in [1.29, 1.82) is 0 Å². The Morgan fingerprint density at radius 3 is 2.44 bits per heavy atom. The molecule has 25 heavy (non-hydrogen) atoms. The molecule has 0 amide bonds. The SMILES string of the molecule is CCOCCOCCOc1cnc(CC(O)C(=O)O)c(C(C)(C)C)c1. The Morgan fingerprint density at radius 2 is 1.84 bits per heavy atom. The third-order valence-electron chi connectivity index (χ3n) is 3.50. The number of aromatic nitrogens is 1. The van der Waals surface area contributed by atoms with E-state index in [9.17, 15) is 9.90 Å². The monoisotopic (exact) mass is 355 g/mol. The van der Waals surface area contributed by atoms with Crippen LogP contribution in [0.25, 0.3) is 0 Å². The summed E-state index contributed by atoms with van der Waals surface area (Å²) in [5, 5.41) is 18.5. The molecule has 1 unspecified atom stereocenters. The fourth-order valence-corrected chi connectivity index (χ4v) is 2.22. The van der Waals surface area contributed by atoms with Gasteiger partial charge in [-0.05, 0) is 24.0 Å². The molecule has 0 aromatic carbocycles. The Labute approximate surface area is 148 Å². The van der Waals surface area contributed by atoms with Gasteiger partial charge < -0.3 is 24.4 Å². The summed E-state index contributed by atoms with van der Waals surface area (Å²) in [4.78, 5) is 15.2. The fourth-order valence-electron chi connectivity index (χ4n) is 2.22. The van der Waals surface area contributed by atoms with E-state index < -0.39 is 12.1 Å². The number of nitrogens with zero attached hydrogens (tertiary/aromatic N) is 1. The summed E-state index contributed by atoms with van der Waals surface area (Å²) in [6, 6.07) is 1.84. The van der Waals surface area contributed by atoms with Crippen molar-refractivity contribution in [2.24, 2.45) is 0 Å². The summed E-state index contributed by atoms with van der Waals surface area (Å²) in [6.45, 7) is 10.5. The van der Waals surface area contributed by atoms with Crippen molar-refractivity contribution in [3.05, 3.63) is 23.5 Å². The van der Waals surface area contributed by atoms with Gasteiger partial charge in [0.15, 0.2) is 6.10 Å². The molecule has 1 heterocycles. The van der Waals surface area contributed by atoms with Crippen LogP contribution >= 0.6 is 0 Å². The molecule has 7 heteroatoms. The van der Waals surface area contributed by atoms with Gasteiger partial charge in [0.2, 0.25) is 0 Å². The molecule has 0 aliphatic heterocycles. The Balaban J connectivity index is 2.66. The van der Waals surface area contributed by atoms with Crippen LogP contribution in [0.4, 0.5) is 0 Å². The average molecular weight is 355 g/mol. The Hall–Kier alpha value is -1.70. The summed E-state index contributed by atoms with van der Waals surface area (Å²) in [5.41, 5.74) is 1.15. The van der Waals surface area contributed by atoms with Crippen LogP contribution in [0.15, 0.2) is 12.3 Å². The van der Waals surface area contributed by atoms with E-state index in [1.807, 2.05) is 33.8 Å². The molecular formula is C18H29NO6. The molecule has 1 aromatic rings. The van der Waals surface area contributed by atoms with E-state index in [0.717, 1.165) is 5.56 Å². The van der Waals surface area contributed by atoms with E-state index in [0.29, 0.717) is 44.5 Å². The van der Waals surface area contributed by atoms with Gasteiger partial charge in [-0.1, -0.05) is 20.8 Å². The molecule has 0 bridgehead atoms. The van der Waals surface area contributed by atoms with E-state index in [4.69, 9.17) is 19.3 Å². The van der Waals surface area contributed by atoms with Crippen LogP contribution in [0.3, 0.4) is 0 Å². The Bertz CT molecular complexity index is 541. The average Bonchev–Trinajstić information content (AvgIpc) is 2.54. The molecule has 0 radical (unpaired) electrons. The molecule has 7 nitrogen and oxygen atoms in total. The highest BCUT2D eigenvalue weighted by Crippen LogP contribution is 2.28. The highest BCUT2D eigenvalue weighted by molar-refractivity contribution is 5.72. The first-order chi connectivity index (χ1) is 11.8. The van der Waals surface area contributed by atoms with Crippen LogP contribution in [0, 0.1) is 0 Å². The molecule has 0 saturated heterocycles. The van der Waals surface area contributed by atoms with Gasteiger partial charge in [-0.25, -0.2) is 4.79 Å². The van der Waals surface area contributed by atoms with Crippen LogP contribution in [-0.2, 0) is 26.1 Å². The summed E-state index contributed by atoms with van der Waals surface area (Å²) in [6.07, 6.45) is 0.0290. The van der Waals surface area contributed by atoms with Crippen LogP contribution < -0.4 is 4.74 Å². The van der Waals surface area contributed by atoms with Crippen molar-refractivity contribution in [3.63, 3.8) is 0 Å². The third kappa shape index (κ3) is 7.81. The first-order valence-electron chi connectivity index (χ1n) is 8.44. The van der Waals surface area contributed by atoms with Crippen LogP contribution in [-0.4, -0.2) is 60.3 Å². The van der Waals surface area contributed by atoms with Crippen LogP contribution in [0.2, 0.25) is 0 Å². The zero-order valence-corrected chi connectivity index (χ0v) is 15.4. The van der Waals surface area contributed by atoms with E-state index in [1.54, 1.807) is 6.20 Å². The van der Waals surface area contributed by atoms with Crippen molar-refractivity contribution >= 4 is 5.97 Å². The zero-order valence-electron chi connectivity index (χ0n) is 15.4. The quantitative estimate of drug-likeness (QED) is 0.584. The molecule has 0 aliphatic rings. The molecule has 142 valence electrons. The van der Waals surface area contributed by atoms with Crippen molar-refractivity contribution in [2.75, 3.05) is 33.0 Å². The highest BCUT2D eigenvalue weighted by Gasteiger charge is 2.23. The number of aliphatic carboxylic acids is 1. The molecule has 0 fully saturated rings. The van der Waals surface area contributed by atoms with E-state index in [1.165, 1.54) is 0 Å². The Morgan fingerprint density at radius 1 is 1.20 bits per heavy atom. The molecule has 2 N–H and O–H groups in total. The smallest absolute Gasteiger partial charge is 0.332 e. The van der Waals surface area contributed by atoms with Crippen LogP contribution in [0.5, 0.6) is 5.75 Å². The molecule has 0 aliphatic carbocycles. The van der Waals surface area contributed by atoms with E-state index in [2.05, 4.69) is 4.98 Å². The van der Waals surface area contributed by atoms with Crippen molar-refractivity contribution < 1.29 is 29.2 Å². The van der Waals surface area contributed by atoms with Gasteiger partial charge in [0, 0.05) is 18.7 Å². The number of carboxylic acids is 1. The van der Waals surface area contributed by atoms with Crippen molar-refractivity contribution in [1.82, 2.24) is 4.98 Å². The summed E-state index contributed by atoms with van der Waals surface area (Å²) >= 11 is 0. The number of carboxylic acid groups (broad SMARTS) is 1. The molecule has 1 rings (SSSR count). The standard InChI is InChI=1S/C18H29NO6/c1-5-23-6-7-24-8-9-25-13-10-14(18(2,3)4)15(19-12-13)11-16(20)17(21)22/h10,12,16,20H,5-9,11H2,1-4H3,(H,21,22). The number of aliphatic hydroxyl groups excluding tert-OH is 1.